The second-order valence-electron chi connectivity index (χ2n) is 5.66. The summed E-state index contributed by atoms with van der Waals surface area (Å²) in [4.78, 5) is 14.4. The van der Waals surface area contributed by atoms with E-state index in [1.165, 1.54) is 5.56 Å². The molecule has 2 atom stereocenters. The third-order valence-electron chi connectivity index (χ3n) is 4.16. The van der Waals surface area contributed by atoms with E-state index in [0.29, 0.717) is 13.1 Å². The Morgan fingerprint density at radius 1 is 1.48 bits per heavy atom. The predicted octanol–water partition coefficient (Wildman–Crippen LogP) is 0.400. The fourth-order valence-corrected chi connectivity index (χ4v) is 3.13. The van der Waals surface area contributed by atoms with Gasteiger partial charge in [-0.25, -0.2) is 0 Å². The third kappa shape index (κ3) is 3.19. The van der Waals surface area contributed by atoms with E-state index in [1.807, 2.05) is 25.1 Å². The number of fused-ring (bicyclic) bond motifs is 1. The van der Waals surface area contributed by atoms with E-state index in [0.717, 1.165) is 31.8 Å². The number of benzene rings is 1. The van der Waals surface area contributed by atoms with Gasteiger partial charge in [-0.1, -0.05) is 18.2 Å². The minimum atomic E-state index is -0.0917. The molecule has 0 saturated carbocycles. The highest BCUT2D eigenvalue weighted by molar-refractivity contribution is 5.82. The van der Waals surface area contributed by atoms with Crippen LogP contribution in [0.25, 0.3) is 0 Å². The van der Waals surface area contributed by atoms with E-state index >= 15 is 0 Å². The fraction of sp³-hybridized carbons (Fsp3) is 0.562. The van der Waals surface area contributed by atoms with Crippen molar-refractivity contribution in [3.05, 3.63) is 29.8 Å². The van der Waals surface area contributed by atoms with Crippen molar-refractivity contribution in [1.82, 2.24) is 15.5 Å². The van der Waals surface area contributed by atoms with Gasteiger partial charge in [0.05, 0.1) is 0 Å². The highest BCUT2D eigenvalue weighted by Crippen LogP contribution is 2.28. The number of para-hydroxylation sites is 1. The Balaban J connectivity index is 1.62. The second kappa shape index (κ2) is 6.45. The number of nitrogens with one attached hydrogen (secondary N) is 2. The van der Waals surface area contributed by atoms with Crippen molar-refractivity contribution >= 4 is 5.91 Å². The van der Waals surface area contributed by atoms with Gasteiger partial charge in [0, 0.05) is 39.1 Å². The van der Waals surface area contributed by atoms with Crippen molar-refractivity contribution in [1.29, 1.82) is 0 Å². The Hall–Kier alpha value is -1.59. The van der Waals surface area contributed by atoms with Crippen LogP contribution in [0.15, 0.2) is 24.3 Å². The molecule has 2 unspecified atom stereocenters. The number of likely N-dealkylation sites (N-methyl/N-ethyl adjacent to an activating group) is 1. The average Bonchev–Trinajstić information content (AvgIpc) is 2.90. The van der Waals surface area contributed by atoms with Gasteiger partial charge in [-0.05, 0) is 18.6 Å². The topological polar surface area (TPSA) is 53.6 Å². The molecule has 2 aliphatic rings. The van der Waals surface area contributed by atoms with E-state index in [9.17, 15) is 4.79 Å². The van der Waals surface area contributed by atoms with Crippen molar-refractivity contribution in [2.75, 3.05) is 32.7 Å². The standard InChI is InChI=1S/C16H23N3O2/c1-2-18-16(20)14-10-17-7-8-19(14)11-13-9-12-5-3-4-6-15(12)21-13/h3-6,13-14,17H,2,7-11H2,1H3,(H,18,20). The second-order valence-corrected chi connectivity index (χ2v) is 5.66. The molecule has 3 rings (SSSR count). The van der Waals surface area contributed by atoms with Crippen molar-refractivity contribution in [3.8, 4) is 5.75 Å². The van der Waals surface area contributed by atoms with Crippen LogP contribution in [-0.4, -0.2) is 55.7 Å². The molecule has 0 aromatic heterocycles. The number of hydrogen-bond acceptors (Lipinski definition) is 4. The first kappa shape index (κ1) is 14.4. The average molecular weight is 289 g/mol. The Bertz CT molecular complexity index is 481. The van der Waals surface area contributed by atoms with Gasteiger partial charge >= 0.3 is 0 Å². The van der Waals surface area contributed by atoms with E-state index in [4.69, 9.17) is 4.74 Å². The quantitative estimate of drug-likeness (QED) is 0.842. The van der Waals surface area contributed by atoms with Gasteiger partial charge in [0.15, 0.2) is 0 Å². The minimum absolute atomic E-state index is 0.0917. The van der Waals surface area contributed by atoms with Crippen LogP contribution in [-0.2, 0) is 11.2 Å². The summed E-state index contributed by atoms with van der Waals surface area (Å²) in [5.74, 6) is 1.10. The molecule has 2 heterocycles. The van der Waals surface area contributed by atoms with Gasteiger partial charge in [-0.2, -0.15) is 0 Å². The lowest BCUT2D eigenvalue weighted by Crippen LogP contribution is -2.59. The molecule has 0 aliphatic carbocycles. The molecule has 0 spiro atoms. The molecule has 0 radical (unpaired) electrons. The Morgan fingerprint density at radius 3 is 3.14 bits per heavy atom. The summed E-state index contributed by atoms with van der Waals surface area (Å²) in [5.41, 5.74) is 1.27. The molecule has 21 heavy (non-hydrogen) atoms. The number of hydrogen-bond donors (Lipinski definition) is 2. The lowest BCUT2D eigenvalue weighted by Gasteiger charge is -2.36. The van der Waals surface area contributed by atoms with Crippen LogP contribution in [0.5, 0.6) is 5.75 Å². The zero-order valence-electron chi connectivity index (χ0n) is 12.5. The van der Waals surface area contributed by atoms with Crippen molar-refractivity contribution in [2.45, 2.75) is 25.5 Å². The van der Waals surface area contributed by atoms with E-state index < -0.39 is 0 Å². The molecule has 1 aromatic carbocycles. The monoisotopic (exact) mass is 289 g/mol. The predicted molar refractivity (Wildman–Crippen MR) is 81.5 cm³/mol. The van der Waals surface area contributed by atoms with Crippen molar-refractivity contribution in [2.24, 2.45) is 0 Å². The van der Waals surface area contributed by atoms with Gasteiger partial charge in [-0.15, -0.1) is 0 Å². The number of carbonyl (C=O) groups is 1. The summed E-state index contributed by atoms with van der Waals surface area (Å²) in [5, 5.41) is 6.23. The summed E-state index contributed by atoms with van der Waals surface area (Å²) in [7, 11) is 0. The summed E-state index contributed by atoms with van der Waals surface area (Å²) in [6, 6.07) is 8.10. The molecule has 5 heteroatoms. The van der Waals surface area contributed by atoms with E-state index in [1.54, 1.807) is 0 Å². The minimum Gasteiger partial charge on any atom is -0.488 e. The Labute approximate surface area is 125 Å². The molecule has 1 aromatic rings. The van der Waals surface area contributed by atoms with Crippen LogP contribution in [0.4, 0.5) is 0 Å². The van der Waals surface area contributed by atoms with Crippen LogP contribution >= 0.6 is 0 Å². The first-order valence-corrected chi connectivity index (χ1v) is 7.75. The number of amides is 1. The summed E-state index contributed by atoms with van der Waals surface area (Å²) in [6.07, 6.45) is 1.08. The maximum atomic E-state index is 12.2. The molecule has 0 bridgehead atoms. The normalized spacial score (nSPS) is 25.2. The largest absolute Gasteiger partial charge is 0.488 e. The first-order valence-electron chi connectivity index (χ1n) is 7.75. The number of carbonyl (C=O) groups excluding carboxylic acids is 1. The van der Waals surface area contributed by atoms with E-state index in [2.05, 4.69) is 21.6 Å². The van der Waals surface area contributed by atoms with Crippen molar-refractivity contribution in [3.63, 3.8) is 0 Å². The smallest absolute Gasteiger partial charge is 0.238 e. The summed E-state index contributed by atoms with van der Waals surface area (Å²) in [6.45, 7) is 5.96. The van der Waals surface area contributed by atoms with Gasteiger partial charge in [-0.3, -0.25) is 9.69 Å². The molecule has 1 saturated heterocycles. The van der Waals surface area contributed by atoms with Crippen LogP contribution in [0.2, 0.25) is 0 Å². The van der Waals surface area contributed by atoms with Crippen LogP contribution in [0.3, 0.4) is 0 Å². The highest BCUT2D eigenvalue weighted by Gasteiger charge is 2.32. The number of rotatable bonds is 4. The summed E-state index contributed by atoms with van der Waals surface area (Å²) < 4.78 is 6.00. The third-order valence-corrected chi connectivity index (χ3v) is 4.16. The number of piperazine rings is 1. The maximum Gasteiger partial charge on any atom is 0.238 e. The molecular weight excluding hydrogens is 266 g/mol. The molecule has 1 fully saturated rings. The maximum absolute atomic E-state index is 12.2. The zero-order valence-corrected chi connectivity index (χ0v) is 12.5. The number of nitrogens with zero attached hydrogens (tertiary/aromatic N) is 1. The van der Waals surface area contributed by atoms with Crippen LogP contribution in [0.1, 0.15) is 12.5 Å². The molecule has 5 nitrogen and oxygen atoms in total. The Kier molecular flexibility index (Phi) is 4.41. The first-order chi connectivity index (χ1) is 10.3. The van der Waals surface area contributed by atoms with Gasteiger partial charge in [0.1, 0.15) is 17.9 Å². The zero-order chi connectivity index (χ0) is 14.7. The summed E-state index contributed by atoms with van der Waals surface area (Å²) >= 11 is 0. The molecule has 2 aliphatic heterocycles. The lowest BCUT2D eigenvalue weighted by atomic mass is 10.1. The molecule has 2 N–H and O–H groups in total. The van der Waals surface area contributed by atoms with Crippen LogP contribution < -0.4 is 15.4 Å². The van der Waals surface area contributed by atoms with Crippen molar-refractivity contribution < 1.29 is 9.53 Å². The highest BCUT2D eigenvalue weighted by atomic mass is 16.5. The molecule has 1 amide bonds. The lowest BCUT2D eigenvalue weighted by molar-refractivity contribution is -0.127. The van der Waals surface area contributed by atoms with E-state index in [-0.39, 0.29) is 18.1 Å². The van der Waals surface area contributed by atoms with Crippen LogP contribution in [0, 0.1) is 0 Å². The van der Waals surface area contributed by atoms with Gasteiger partial charge < -0.3 is 15.4 Å². The SMILES string of the molecule is CCNC(=O)C1CNCCN1CC1Cc2ccccc2O1. The Morgan fingerprint density at radius 2 is 2.33 bits per heavy atom. The molecular formula is C16H23N3O2. The van der Waals surface area contributed by atoms with Gasteiger partial charge in [0.2, 0.25) is 5.91 Å². The molecule has 114 valence electrons. The number of ether oxygens (including phenoxy) is 1. The fourth-order valence-electron chi connectivity index (χ4n) is 3.13. The van der Waals surface area contributed by atoms with Gasteiger partial charge in [0.25, 0.3) is 0 Å².